The van der Waals surface area contributed by atoms with Crippen LogP contribution in [-0.2, 0) is 14.3 Å². The predicted molar refractivity (Wildman–Crippen MR) is 60.6 cm³/mol. The molecule has 2 fully saturated rings. The van der Waals surface area contributed by atoms with Gasteiger partial charge in [0.25, 0.3) is 0 Å². The zero-order chi connectivity index (χ0) is 14.1. The number of ether oxygens (including phenoxy) is 2. The van der Waals surface area contributed by atoms with Crippen LogP contribution >= 0.6 is 0 Å². The molecule has 0 saturated heterocycles. The smallest absolute Gasteiger partial charge is 0.411 e. The van der Waals surface area contributed by atoms with Crippen LogP contribution in [0.15, 0.2) is 0 Å². The lowest BCUT2D eigenvalue weighted by atomic mass is 9.97. The van der Waals surface area contributed by atoms with Crippen LogP contribution in [0.1, 0.15) is 32.1 Å². The Morgan fingerprint density at radius 2 is 2.05 bits per heavy atom. The molecule has 2 unspecified atom stereocenters. The molecule has 2 atom stereocenters. The summed E-state index contributed by atoms with van der Waals surface area (Å²) in [5.74, 6) is -0.405. The van der Waals surface area contributed by atoms with E-state index in [1.54, 1.807) is 0 Å². The first-order valence-corrected chi connectivity index (χ1v) is 6.39. The molecule has 2 rings (SSSR count). The highest BCUT2D eigenvalue weighted by molar-refractivity contribution is 5.81. The van der Waals surface area contributed by atoms with Gasteiger partial charge in [0.2, 0.25) is 0 Å². The van der Waals surface area contributed by atoms with Gasteiger partial charge in [-0.15, -0.1) is 0 Å². The topological polar surface area (TPSA) is 47.6 Å². The van der Waals surface area contributed by atoms with E-state index in [2.05, 4.69) is 5.32 Å². The number of esters is 1. The van der Waals surface area contributed by atoms with Crippen molar-refractivity contribution in [1.82, 2.24) is 5.32 Å². The van der Waals surface area contributed by atoms with E-state index in [1.165, 1.54) is 7.11 Å². The largest absolute Gasteiger partial charge is 0.468 e. The minimum Gasteiger partial charge on any atom is -0.468 e. The maximum atomic E-state index is 12.1. The minimum atomic E-state index is -4.33. The summed E-state index contributed by atoms with van der Waals surface area (Å²) in [6.45, 7) is -1.27. The van der Waals surface area contributed by atoms with Crippen LogP contribution in [-0.4, -0.2) is 43.5 Å². The van der Waals surface area contributed by atoms with Gasteiger partial charge in [-0.1, -0.05) is 0 Å². The predicted octanol–water partition coefficient (Wildman–Crippen LogP) is 1.78. The normalized spacial score (nSPS) is 31.5. The number of carbonyl (C=O) groups is 1. The van der Waals surface area contributed by atoms with Crippen LogP contribution in [0.4, 0.5) is 13.2 Å². The standard InChI is InChI=1S/C12H18F3NO3/c1-18-10(17)11(16-8-2-3-8)5-4-9(6-11)19-7-12(13,14)15/h8-9,16H,2-7H2,1H3. The van der Waals surface area contributed by atoms with Crippen molar-refractivity contribution in [2.75, 3.05) is 13.7 Å². The van der Waals surface area contributed by atoms with E-state index in [0.29, 0.717) is 12.8 Å². The highest BCUT2D eigenvalue weighted by Crippen LogP contribution is 2.37. The minimum absolute atomic E-state index is 0.242. The molecule has 19 heavy (non-hydrogen) atoms. The molecule has 110 valence electrons. The van der Waals surface area contributed by atoms with Crippen molar-refractivity contribution >= 4 is 5.97 Å². The van der Waals surface area contributed by atoms with Gasteiger partial charge in [0.15, 0.2) is 0 Å². The number of nitrogens with one attached hydrogen (secondary N) is 1. The highest BCUT2D eigenvalue weighted by Gasteiger charge is 2.49. The lowest BCUT2D eigenvalue weighted by Crippen LogP contribution is -2.52. The molecular weight excluding hydrogens is 263 g/mol. The number of carbonyl (C=O) groups excluding carboxylic acids is 1. The van der Waals surface area contributed by atoms with Crippen LogP contribution in [0.25, 0.3) is 0 Å². The second-order valence-corrected chi connectivity index (χ2v) is 5.28. The number of methoxy groups -OCH3 is 1. The summed E-state index contributed by atoms with van der Waals surface area (Å²) in [5, 5.41) is 3.21. The molecule has 1 N–H and O–H groups in total. The van der Waals surface area contributed by atoms with Crippen LogP contribution in [0, 0.1) is 0 Å². The van der Waals surface area contributed by atoms with Crippen molar-refractivity contribution in [2.24, 2.45) is 0 Å². The number of halogens is 3. The van der Waals surface area contributed by atoms with Crippen molar-refractivity contribution < 1.29 is 27.4 Å². The number of rotatable bonds is 5. The third-order valence-electron chi connectivity index (χ3n) is 3.59. The lowest BCUT2D eigenvalue weighted by Gasteiger charge is -2.27. The van der Waals surface area contributed by atoms with Gasteiger partial charge in [0.1, 0.15) is 12.1 Å². The molecule has 7 heteroatoms. The zero-order valence-electron chi connectivity index (χ0n) is 10.8. The lowest BCUT2D eigenvalue weighted by molar-refractivity contribution is -0.185. The summed E-state index contributed by atoms with van der Waals surface area (Å²) >= 11 is 0. The molecule has 0 amide bonds. The van der Waals surface area contributed by atoms with E-state index < -0.39 is 30.4 Å². The molecule has 0 aromatic heterocycles. The van der Waals surface area contributed by atoms with E-state index in [1.807, 2.05) is 0 Å². The van der Waals surface area contributed by atoms with E-state index in [9.17, 15) is 18.0 Å². The van der Waals surface area contributed by atoms with Crippen molar-refractivity contribution in [2.45, 2.75) is 56.0 Å². The van der Waals surface area contributed by atoms with Crippen LogP contribution in [0.5, 0.6) is 0 Å². The first kappa shape index (κ1) is 14.6. The third kappa shape index (κ3) is 3.82. The quantitative estimate of drug-likeness (QED) is 0.780. The number of hydrogen-bond acceptors (Lipinski definition) is 4. The van der Waals surface area contributed by atoms with E-state index >= 15 is 0 Å². The maximum absolute atomic E-state index is 12.1. The van der Waals surface area contributed by atoms with Gasteiger partial charge in [-0.25, -0.2) is 0 Å². The third-order valence-corrected chi connectivity index (χ3v) is 3.59. The Kier molecular flexibility index (Phi) is 4.06. The molecule has 2 aliphatic carbocycles. The second-order valence-electron chi connectivity index (χ2n) is 5.28. The molecule has 4 nitrogen and oxygen atoms in total. The fraction of sp³-hybridized carbons (Fsp3) is 0.917. The Balaban J connectivity index is 1.92. The van der Waals surface area contributed by atoms with Gasteiger partial charge in [-0.2, -0.15) is 13.2 Å². The molecular formula is C12H18F3NO3. The SMILES string of the molecule is COC(=O)C1(NC2CC2)CCC(OCC(F)(F)F)C1. The van der Waals surface area contributed by atoms with E-state index in [0.717, 1.165) is 12.8 Å². The Bertz CT molecular complexity index is 344. The Morgan fingerprint density at radius 3 is 2.58 bits per heavy atom. The summed E-state index contributed by atoms with van der Waals surface area (Å²) in [5.41, 5.74) is -0.869. The maximum Gasteiger partial charge on any atom is 0.411 e. The first-order chi connectivity index (χ1) is 8.85. The van der Waals surface area contributed by atoms with Crippen LogP contribution < -0.4 is 5.32 Å². The number of hydrogen-bond donors (Lipinski definition) is 1. The van der Waals surface area contributed by atoms with Gasteiger partial charge < -0.3 is 9.47 Å². The molecule has 0 aliphatic heterocycles. The fourth-order valence-corrected chi connectivity index (χ4v) is 2.54. The Labute approximate surface area is 109 Å². The van der Waals surface area contributed by atoms with Crippen LogP contribution in [0.2, 0.25) is 0 Å². The van der Waals surface area contributed by atoms with Gasteiger partial charge in [0.05, 0.1) is 13.2 Å². The summed E-state index contributed by atoms with van der Waals surface area (Å²) in [7, 11) is 1.29. The molecule has 2 saturated carbocycles. The second kappa shape index (κ2) is 5.28. The molecule has 0 radical (unpaired) electrons. The van der Waals surface area contributed by atoms with E-state index in [-0.39, 0.29) is 12.5 Å². The van der Waals surface area contributed by atoms with Crippen LogP contribution in [0.3, 0.4) is 0 Å². The molecule has 0 spiro atoms. The van der Waals surface area contributed by atoms with Gasteiger partial charge in [0, 0.05) is 12.5 Å². The summed E-state index contributed by atoms with van der Waals surface area (Å²) in [4.78, 5) is 11.9. The summed E-state index contributed by atoms with van der Waals surface area (Å²) in [6.07, 6.45) is -1.76. The van der Waals surface area contributed by atoms with Gasteiger partial charge in [-0.05, 0) is 25.7 Å². The fourth-order valence-electron chi connectivity index (χ4n) is 2.54. The summed E-state index contributed by atoms with van der Waals surface area (Å²) in [6, 6.07) is 0.278. The monoisotopic (exact) mass is 281 g/mol. The molecule has 0 bridgehead atoms. The molecule has 0 aromatic rings. The van der Waals surface area contributed by atoms with Crippen molar-refractivity contribution in [3.05, 3.63) is 0 Å². The zero-order valence-corrected chi connectivity index (χ0v) is 10.8. The Hall–Kier alpha value is -0.820. The first-order valence-electron chi connectivity index (χ1n) is 6.39. The van der Waals surface area contributed by atoms with Crippen molar-refractivity contribution in [3.8, 4) is 0 Å². The molecule has 0 heterocycles. The molecule has 0 aromatic carbocycles. The van der Waals surface area contributed by atoms with E-state index in [4.69, 9.17) is 9.47 Å². The number of alkyl halides is 3. The molecule has 2 aliphatic rings. The summed E-state index contributed by atoms with van der Waals surface area (Å²) < 4.78 is 46.0. The average molecular weight is 281 g/mol. The Morgan fingerprint density at radius 1 is 1.37 bits per heavy atom. The van der Waals surface area contributed by atoms with Gasteiger partial charge >= 0.3 is 12.1 Å². The van der Waals surface area contributed by atoms with Crippen molar-refractivity contribution in [1.29, 1.82) is 0 Å². The van der Waals surface area contributed by atoms with Crippen molar-refractivity contribution in [3.63, 3.8) is 0 Å². The highest BCUT2D eigenvalue weighted by atomic mass is 19.4. The average Bonchev–Trinajstić information content (AvgIpc) is 3.03. The van der Waals surface area contributed by atoms with Gasteiger partial charge in [-0.3, -0.25) is 10.1 Å².